The van der Waals surface area contributed by atoms with Gasteiger partial charge in [-0.3, -0.25) is 0 Å². The fraction of sp³-hybridized carbons (Fsp3) is 0.933. The molecule has 0 aliphatic rings. The Morgan fingerprint density at radius 2 is 1.35 bits per heavy atom. The Morgan fingerprint density at radius 3 is 1.94 bits per heavy atom. The van der Waals surface area contributed by atoms with Gasteiger partial charge in [0, 0.05) is 6.42 Å². The molecule has 0 heterocycles. The predicted molar refractivity (Wildman–Crippen MR) is 75.4 cm³/mol. The Hall–Kier alpha value is -0.370. The molecular weight excluding hydrogens is 210 g/mol. The molecule has 0 atom stereocenters. The zero-order chi connectivity index (χ0) is 12.8. The van der Waals surface area contributed by atoms with Crippen LogP contribution >= 0.6 is 0 Å². The van der Waals surface area contributed by atoms with Crippen LogP contribution in [0.3, 0.4) is 0 Å². The number of unbranched alkanes of at least 4 members (excludes halogenated alkanes) is 7. The highest BCUT2D eigenvalue weighted by molar-refractivity contribution is 5.75. The molecule has 0 aromatic carbocycles. The van der Waals surface area contributed by atoms with Gasteiger partial charge in [-0.25, -0.2) is 0 Å². The first-order valence-corrected chi connectivity index (χ1v) is 7.47. The molecule has 0 aliphatic heterocycles. The third-order valence-electron chi connectivity index (χ3n) is 3.09. The zero-order valence-electron chi connectivity index (χ0n) is 11.9. The summed E-state index contributed by atoms with van der Waals surface area (Å²) in [6.45, 7) is 6.28. The van der Waals surface area contributed by atoms with E-state index in [9.17, 15) is 4.79 Å². The van der Waals surface area contributed by atoms with E-state index in [0.29, 0.717) is 5.78 Å². The number of carbonyl (C=O) groups is 1. The van der Waals surface area contributed by atoms with Crippen molar-refractivity contribution in [1.29, 1.82) is 0 Å². The van der Waals surface area contributed by atoms with Crippen LogP contribution in [0.25, 0.3) is 0 Å². The first kappa shape index (κ1) is 16.6. The first-order valence-electron chi connectivity index (χ1n) is 7.47. The van der Waals surface area contributed by atoms with Gasteiger partial charge in [0.15, 0.2) is 0 Å². The smallest absolute Gasteiger partial charge is 0.129 e. The predicted octanol–water partition coefficient (Wildman–Crippen LogP) is 4.09. The van der Waals surface area contributed by atoms with Crippen LogP contribution in [0.15, 0.2) is 0 Å². The second-order valence-electron chi connectivity index (χ2n) is 5.03. The molecule has 0 aromatic rings. The van der Waals surface area contributed by atoms with Crippen LogP contribution in [0.5, 0.6) is 0 Å². The third-order valence-corrected chi connectivity index (χ3v) is 3.09. The highest BCUT2D eigenvalue weighted by atomic mass is 16.1. The number of Topliss-reactive ketones (excluding diaryl/α,β-unsaturated/α-hetero) is 1. The Kier molecular flexibility index (Phi) is 13.4. The van der Waals surface area contributed by atoms with E-state index in [-0.39, 0.29) is 0 Å². The van der Waals surface area contributed by atoms with Crippen molar-refractivity contribution in [1.82, 2.24) is 5.32 Å². The number of carbonyl (C=O) groups excluding carboxylic acids is 1. The van der Waals surface area contributed by atoms with Crippen molar-refractivity contribution in [2.75, 3.05) is 13.1 Å². The normalized spacial score (nSPS) is 10.7. The van der Waals surface area contributed by atoms with Gasteiger partial charge in [-0.15, -0.1) is 0 Å². The van der Waals surface area contributed by atoms with Gasteiger partial charge in [0.25, 0.3) is 0 Å². The van der Waals surface area contributed by atoms with E-state index in [1.807, 2.05) is 0 Å². The van der Waals surface area contributed by atoms with Crippen LogP contribution in [-0.2, 0) is 4.79 Å². The molecule has 0 fully saturated rings. The largest absolute Gasteiger partial charge is 0.317 e. The van der Waals surface area contributed by atoms with Gasteiger partial charge in [0.05, 0.1) is 0 Å². The summed E-state index contributed by atoms with van der Waals surface area (Å²) in [7, 11) is 0. The summed E-state index contributed by atoms with van der Waals surface area (Å²) >= 11 is 0. The fourth-order valence-electron chi connectivity index (χ4n) is 1.96. The van der Waals surface area contributed by atoms with Crippen molar-refractivity contribution in [3.05, 3.63) is 0 Å². The molecule has 0 rings (SSSR count). The average molecular weight is 241 g/mol. The van der Waals surface area contributed by atoms with Gasteiger partial charge in [-0.2, -0.15) is 0 Å². The van der Waals surface area contributed by atoms with E-state index in [1.54, 1.807) is 6.92 Å². The van der Waals surface area contributed by atoms with Crippen LogP contribution in [0.2, 0.25) is 0 Å². The quantitative estimate of drug-likeness (QED) is 0.492. The van der Waals surface area contributed by atoms with Crippen LogP contribution in [0.4, 0.5) is 0 Å². The standard InChI is InChI=1S/C15H31NO/c1-3-4-5-10-13-16-14-11-8-6-7-9-12-15(2)17/h16H,3-14H2,1-2H3. The minimum absolute atomic E-state index is 0.332. The maximum atomic E-state index is 10.7. The van der Waals surface area contributed by atoms with E-state index in [1.165, 1.54) is 64.5 Å². The average Bonchev–Trinajstić information content (AvgIpc) is 2.30. The molecular formula is C15H31NO. The van der Waals surface area contributed by atoms with Crippen molar-refractivity contribution < 1.29 is 4.79 Å². The minimum atomic E-state index is 0.332. The summed E-state index contributed by atoms with van der Waals surface area (Å²) in [4.78, 5) is 10.7. The summed E-state index contributed by atoms with van der Waals surface area (Å²) in [5, 5.41) is 3.50. The maximum Gasteiger partial charge on any atom is 0.129 e. The second kappa shape index (κ2) is 13.7. The highest BCUT2D eigenvalue weighted by Gasteiger charge is 1.94. The molecule has 0 saturated heterocycles. The number of ketones is 1. The number of rotatable bonds is 13. The van der Waals surface area contributed by atoms with Gasteiger partial charge < -0.3 is 10.1 Å². The van der Waals surface area contributed by atoms with E-state index in [2.05, 4.69) is 12.2 Å². The SMILES string of the molecule is CCCCCCNCCCCCCCC(C)=O. The molecule has 0 saturated carbocycles. The topological polar surface area (TPSA) is 29.1 Å². The molecule has 1 N–H and O–H groups in total. The first-order chi connectivity index (χ1) is 8.27. The van der Waals surface area contributed by atoms with Gasteiger partial charge in [0.2, 0.25) is 0 Å². The van der Waals surface area contributed by atoms with E-state index in [0.717, 1.165) is 12.8 Å². The van der Waals surface area contributed by atoms with Crippen LogP contribution < -0.4 is 5.32 Å². The summed E-state index contributed by atoms with van der Waals surface area (Å²) in [6.07, 6.45) is 12.3. The molecule has 0 amide bonds. The number of hydrogen-bond donors (Lipinski definition) is 1. The molecule has 0 aliphatic carbocycles. The van der Waals surface area contributed by atoms with Gasteiger partial charge >= 0.3 is 0 Å². The Balaban J connectivity index is 2.91. The van der Waals surface area contributed by atoms with Crippen molar-refractivity contribution in [2.24, 2.45) is 0 Å². The summed E-state index contributed by atoms with van der Waals surface area (Å²) < 4.78 is 0. The van der Waals surface area contributed by atoms with Gasteiger partial charge in [-0.1, -0.05) is 45.4 Å². The summed E-state index contributed by atoms with van der Waals surface area (Å²) in [6, 6.07) is 0. The molecule has 0 spiro atoms. The maximum absolute atomic E-state index is 10.7. The molecule has 2 nitrogen and oxygen atoms in total. The molecule has 17 heavy (non-hydrogen) atoms. The summed E-state index contributed by atoms with van der Waals surface area (Å²) in [5.74, 6) is 0.332. The Bertz CT molecular complexity index is 168. The molecule has 102 valence electrons. The Labute approximate surface area is 108 Å². The highest BCUT2D eigenvalue weighted by Crippen LogP contribution is 2.05. The molecule has 0 bridgehead atoms. The van der Waals surface area contributed by atoms with E-state index < -0.39 is 0 Å². The van der Waals surface area contributed by atoms with Gasteiger partial charge in [-0.05, 0) is 39.3 Å². The fourth-order valence-corrected chi connectivity index (χ4v) is 1.96. The van der Waals surface area contributed by atoms with Crippen molar-refractivity contribution in [2.45, 2.75) is 78.1 Å². The number of nitrogens with one attached hydrogen (secondary N) is 1. The lowest BCUT2D eigenvalue weighted by Gasteiger charge is -2.04. The summed E-state index contributed by atoms with van der Waals surface area (Å²) in [5.41, 5.74) is 0. The van der Waals surface area contributed by atoms with E-state index in [4.69, 9.17) is 0 Å². The van der Waals surface area contributed by atoms with Crippen molar-refractivity contribution >= 4 is 5.78 Å². The lowest BCUT2D eigenvalue weighted by Crippen LogP contribution is -2.16. The Morgan fingerprint density at radius 1 is 0.824 bits per heavy atom. The molecule has 2 heteroatoms. The van der Waals surface area contributed by atoms with Crippen molar-refractivity contribution in [3.63, 3.8) is 0 Å². The third kappa shape index (κ3) is 15.6. The lowest BCUT2D eigenvalue weighted by molar-refractivity contribution is -0.117. The second-order valence-corrected chi connectivity index (χ2v) is 5.03. The van der Waals surface area contributed by atoms with Crippen molar-refractivity contribution in [3.8, 4) is 0 Å². The van der Waals surface area contributed by atoms with Crippen LogP contribution in [0, 0.1) is 0 Å². The van der Waals surface area contributed by atoms with Gasteiger partial charge in [0.1, 0.15) is 5.78 Å². The minimum Gasteiger partial charge on any atom is -0.317 e. The lowest BCUT2D eigenvalue weighted by atomic mass is 10.1. The number of hydrogen-bond acceptors (Lipinski definition) is 2. The molecule has 0 aromatic heterocycles. The van der Waals surface area contributed by atoms with E-state index >= 15 is 0 Å². The van der Waals surface area contributed by atoms with Crippen LogP contribution in [0.1, 0.15) is 78.1 Å². The monoisotopic (exact) mass is 241 g/mol. The zero-order valence-corrected chi connectivity index (χ0v) is 11.9. The van der Waals surface area contributed by atoms with Crippen LogP contribution in [-0.4, -0.2) is 18.9 Å². The molecule has 0 unspecified atom stereocenters. The molecule has 0 radical (unpaired) electrons.